The topological polar surface area (TPSA) is 64.5 Å². The van der Waals surface area contributed by atoms with Crippen molar-refractivity contribution in [3.63, 3.8) is 0 Å². The second-order valence-corrected chi connectivity index (χ2v) is 9.76. The number of fused-ring (bicyclic) bond motifs is 3. The van der Waals surface area contributed by atoms with Crippen molar-refractivity contribution in [2.24, 2.45) is 0 Å². The van der Waals surface area contributed by atoms with Gasteiger partial charge in [-0.3, -0.25) is 4.79 Å². The van der Waals surface area contributed by atoms with Crippen molar-refractivity contribution in [2.45, 2.75) is 24.3 Å². The van der Waals surface area contributed by atoms with E-state index < -0.39 is 0 Å². The van der Waals surface area contributed by atoms with Gasteiger partial charge >= 0.3 is 0 Å². The Bertz CT molecular complexity index is 1440. The van der Waals surface area contributed by atoms with Gasteiger partial charge in [0.2, 0.25) is 11.8 Å². The van der Waals surface area contributed by atoms with E-state index in [0.717, 1.165) is 46.8 Å². The molecule has 6 rings (SSSR count). The van der Waals surface area contributed by atoms with E-state index in [4.69, 9.17) is 19.4 Å². The lowest BCUT2D eigenvalue weighted by atomic mass is 10.0. The van der Waals surface area contributed by atoms with Gasteiger partial charge in [-0.2, -0.15) is 4.98 Å². The SMILES string of the molecule is COc1cccc2c1Oc1nc(-c3ccccc3)nc(SCC(=O)N3CCCc4ccccc43)c1C2. The van der Waals surface area contributed by atoms with Crippen molar-refractivity contribution >= 4 is 23.4 Å². The van der Waals surface area contributed by atoms with Crippen molar-refractivity contribution < 1.29 is 14.3 Å². The molecule has 1 aromatic heterocycles. The number of hydrogen-bond donors (Lipinski definition) is 0. The van der Waals surface area contributed by atoms with Gasteiger partial charge in [0.1, 0.15) is 5.03 Å². The zero-order valence-corrected chi connectivity index (χ0v) is 20.8. The number of para-hydroxylation sites is 2. The summed E-state index contributed by atoms with van der Waals surface area (Å²) >= 11 is 1.45. The minimum Gasteiger partial charge on any atom is -0.493 e. The minimum atomic E-state index is 0.0829. The van der Waals surface area contributed by atoms with Gasteiger partial charge in [-0.25, -0.2) is 4.98 Å². The first-order valence-electron chi connectivity index (χ1n) is 12.0. The first kappa shape index (κ1) is 22.6. The molecule has 0 atom stereocenters. The summed E-state index contributed by atoms with van der Waals surface area (Å²) in [5, 5.41) is 0.769. The van der Waals surface area contributed by atoms with E-state index in [1.165, 1.54) is 17.3 Å². The monoisotopic (exact) mass is 495 g/mol. The van der Waals surface area contributed by atoms with E-state index in [1.54, 1.807) is 7.11 Å². The number of anilines is 1. The quantitative estimate of drug-likeness (QED) is 0.223. The normalized spacial score (nSPS) is 13.8. The van der Waals surface area contributed by atoms with Crippen molar-refractivity contribution in [2.75, 3.05) is 24.3 Å². The zero-order chi connectivity index (χ0) is 24.5. The predicted octanol–water partition coefficient (Wildman–Crippen LogP) is 5.92. The Kier molecular flexibility index (Phi) is 6.07. The molecule has 0 saturated heterocycles. The molecule has 0 fully saturated rings. The molecule has 7 heteroatoms. The highest BCUT2D eigenvalue weighted by Gasteiger charge is 2.28. The molecule has 0 saturated carbocycles. The molecule has 36 heavy (non-hydrogen) atoms. The molecule has 0 radical (unpaired) electrons. The van der Waals surface area contributed by atoms with E-state index in [1.807, 2.05) is 71.6 Å². The second kappa shape index (κ2) is 9.66. The van der Waals surface area contributed by atoms with Crippen LogP contribution in [-0.2, 0) is 17.6 Å². The standard InChI is InChI=1S/C29H25N3O3S/c1-34-24-15-7-12-21-17-22-28(35-26(21)24)30-27(20-10-3-2-4-11-20)31-29(22)36-18-25(33)32-16-8-13-19-9-5-6-14-23(19)32/h2-7,9-12,14-15H,8,13,16-18H2,1H3. The molecule has 3 heterocycles. The molecular weight excluding hydrogens is 470 g/mol. The number of aryl methyl sites for hydroxylation is 1. The van der Waals surface area contributed by atoms with E-state index in [-0.39, 0.29) is 11.7 Å². The van der Waals surface area contributed by atoms with Crippen LogP contribution in [0.2, 0.25) is 0 Å². The Hall–Kier alpha value is -3.84. The van der Waals surface area contributed by atoms with Crippen LogP contribution in [-0.4, -0.2) is 35.3 Å². The molecule has 2 aliphatic rings. The lowest BCUT2D eigenvalue weighted by Gasteiger charge is -2.29. The van der Waals surface area contributed by atoms with Crippen LogP contribution >= 0.6 is 11.8 Å². The number of benzene rings is 3. The number of hydrogen-bond acceptors (Lipinski definition) is 6. The van der Waals surface area contributed by atoms with Gasteiger partial charge < -0.3 is 14.4 Å². The summed E-state index contributed by atoms with van der Waals surface area (Å²) in [6, 6.07) is 23.9. The van der Waals surface area contributed by atoms with Crippen LogP contribution < -0.4 is 14.4 Å². The summed E-state index contributed by atoms with van der Waals surface area (Å²) in [5.74, 6) is 2.81. The number of methoxy groups -OCH3 is 1. The van der Waals surface area contributed by atoms with Gasteiger partial charge in [0.25, 0.3) is 0 Å². The Morgan fingerprint density at radius 2 is 1.81 bits per heavy atom. The zero-order valence-electron chi connectivity index (χ0n) is 19.9. The fourth-order valence-electron chi connectivity index (χ4n) is 4.78. The number of nitrogens with zero attached hydrogens (tertiary/aromatic N) is 3. The summed E-state index contributed by atoms with van der Waals surface area (Å²) in [6.45, 7) is 0.740. The van der Waals surface area contributed by atoms with E-state index in [0.29, 0.717) is 29.6 Å². The highest BCUT2D eigenvalue weighted by Crippen LogP contribution is 2.44. The minimum absolute atomic E-state index is 0.0829. The van der Waals surface area contributed by atoms with E-state index in [2.05, 4.69) is 6.07 Å². The Balaban J connectivity index is 1.34. The van der Waals surface area contributed by atoms with Crippen molar-refractivity contribution in [1.29, 1.82) is 0 Å². The van der Waals surface area contributed by atoms with E-state index >= 15 is 0 Å². The lowest BCUT2D eigenvalue weighted by molar-refractivity contribution is -0.116. The number of carbonyl (C=O) groups is 1. The fourth-order valence-corrected chi connectivity index (χ4v) is 5.68. The first-order valence-corrected chi connectivity index (χ1v) is 13.0. The van der Waals surface area contributed by atoms with Crippen molar-refractivity contribution in [3.05, 3.63) is 89.5 Å². The highest BCUT2D eigenvalue weighted by molar-refractivity contribution is 8.00. The molecule has 0 unspecified atom stereocenters. The van der Waals surface area contributed by atoms with Gasteiger partial charge in [0.15, 0.2) is 17.3 Å². The predicted molar refractivity (Wildman–Crippen MR) is 141 cm³/mol. The average Bonchev–Trinajstić information content (AvgIpc) is 2.94. The van der Waals surface area contributed by atoms with Crippen LogP contribution in [0.5, 0.6) is 17.4 Å². The third-order valence-electron chi connectivity index (χ3n) is 6.55. The molecule has 2 aliphatic heterocycles. The first-order chi connectivity index (χ1) is 17.7. The third kappa shape index (κ3) is 4.20. The smallest absolute Gasteiger partial charge is 0.237 e. The van der Waals surface area contributed by atoms with Crippen LogP contribution in [0.15, 0.2) is 77.8 Å². The molecular formula is C29H25N3O3S. The number of carbonyl (C=O) groups excluding carboxylic acids is 1. The summed E-state index contributed by atoms with van der Waals surface area (Å²) in [5.41, 5.74) is 5.05. The maximum Gasteiger partial charge on any atom is 0.237 e. The molecule has 0 aliphatic carbocycles. The summed E-state index contributed by atoms with van der Waals surface area (Å²) in [4.78, 5) is 24.9. The van der Waals surface area contributed by atoms with Crippen LogP contribution in [0.1, 0.15) is 23.1 Å². The summed E-state index contributed by atoms with van der Waals surface area (Å²) in [7, 11) is 1.63. The number of amides is 1. The second-order valence-electron chi connectivity index (χ2n) is 8.80. The maximum absolute atomic E-state index is 13.4. The molecule has 180 valence electrons. The Morgan fingerprint density at radius 3 is 2.67 bits per heavy atom. The van der Waals surface area contributed by atoms with Gasteiger partial charge in [-0.15, -0.1) is 0 Å². The maximum atomic E-state index is 13.4. The van der Waals surface area contributed by atoms with Gasteiger partial charge in [-0.1, -0.05) is 72.4 Å². The van der Waals surface area contributed by atoms with Crippen LogP contribution in [0.25, 0.3) is 11.4 Å². The molecule has 0 bridgehead atoms. The number of ether oxygens (including phenoxy) is 2. The number of rotatable bonds is 5. The molecule has 3 aromatic carbocycles. The molecule has 0 N–H and O–H groups in total. The lowest BCUT2D eigenvalue weighted by Crippen LogP contribution is -2.36. The van der Waals surface area contributed by atoms with Crippen LogP contribution in [0.3, 0.4) is 0 Å². The molecule has 0 spiro atoms. The van der Waals surface area contributed by atoms with Crippen LogP contribution in [0.4, 0.5) is 5.69 Å². The number of thioether (sulfide) groups is 1. The fraction of sp³-hybridized carbons (Fsp3) is 0.207. The number of aromatic nitrogens is 2. The van der Waals surface area contributed by atoms with Gasteiger partial charge in [-0.05, 0) is 30.5 Å². The highest BCUT2D eigenvalue weighted by atomic mass is 32.2. The summed E-state index contributed by atoms with van der Waals surface area (Å²) in [6.07, 6.45) is 2.59. The largest absolute Gasteiger partial charge is 0.493 e. The third-order valence-corrected chi connectivity index (χ3v) is 7.56. The van der Waals surface area contributed by atoms with Crippen molar-refractivity contribution in [3.8, 4) is 28.8 Å². The summed E-state index contributed by atoms with van der Waals surface area (Å²) < 4.78 is 11.8. The molecule has 6 nitrogen and oxygen atoms in total. The van der Waals surface area contributed by atoms with Crippen molar-refractivity contribution in [1.82, 2.24) is 9.97 Å². The van der Waals surface area contributed by atoms with E-state index in [9.17, 15) is 4.79 Å². The average molecular weight is 496 g/mol. The Labute approximate surface area is 214 Å². The Morgan fingerprint density at radius 1 is 1.00 bits per heavy atom. The molecule has 1 amide bonds. The van der Waals surface area contributed by atoms with Gasteiger partial charge in [0, 0.05) is 29.8 Å². The van der Waals surface area contributed by atoms with Gasteiger partial charge in [0.05, 0.1) is 18.4 Å². The molecule has 4 aromatic rings. The van der Waals surface area contributed by atoms with Crippen LogP contribution in [0, 0.1) is 0 Å².